The number of ether oxygens (including phenoxy) is 1. The molecule has 0 saturated heterocycles. The Hall–Kier alpha value is -0.860. The standard InChI is InChI=1S/C15H25NO/c1-4-9-16-11-15(12-17-5-2)14-8-6-7-13(3)10-14/h6-8,10,15-16H,4-5,9,11-12H2,1-3H3. The van der Waals surface area contributed by atoms with Gasteiger partial charge in [0.05, 0.1) is 6.61 Å². The van der Waals surface area contributed by atoms with Gasteiger partial charge in [-0.15, -0.1) is 0 Å². The lowest BCUT2D eigenvalue weighted by Crippen LogP contribution is -2.25. The molecule has 0 spiro atoms. The topological polar surface area (TPSA) is 21.3 Å². The second kappa shape index (κ2) is 8.26. The molecule has 0 saturated carbocycles. The summed E-state index contributed by atoms with van der Waals surface area (Å²) < 4.78 is 5.58. The van der Waals surface area contributed by atoms with Gasteiger partial charge < -0.3 is 10.1 Å². The highest BCUT2D eigenvalue weighted by atomic mass is 16.5. The third kappa shape index (κ3) is 5.33. The summed E-state index contributed by atoms with van der Waals surface area (Å²) in [5.41, 5.74) is 2.70. The van der Waals surface area contributed by atoms with Crippen LogP contribution in [0.3, 0.4) is 0 Å². The zero-order valence-electron chi connectivity index (χ0n) is 11.3. The minimum absolute atomic E-state index is 0.460. The number of hydrogen-bond donors (Lipinski definition) is 1. The zero-order valence-corrected chi connectivity index (χ0v) is 11.3. The van der Waals surface area contributed by atoms with Crippen molar-refractivity contribution in [2.24, 2.45) is 0 Å². The minimum Gasteiger partial charge on any atom is -0.381 e. The molecule has 1 atom stereocenters. The lowest BCUT2D eigenvalue weighted by atomic mass is 9.98. The van der Waals surface area contributed by atoms with Gasteiger partial charge in [0.25, 0.3) is 0 Å². The molecular weight excluding hydrogens is 210 g/mol. The molecular formula is C15H25NO. The zero-order chi connectivity index (χ0) is 12.5. The Morgan fingerprint density at radius 1 is 1.29 bits per heavy atom. The maximum absolute atomic E-state index is 5.58. The van der Waals surface area contributed by atoms with Crippen LogP contribution in [0.4, 0.5) is 0 Å². The Labute approximate surface area is 105 Å². The molecule has 0 radical (unpaired) electrons. The highest BCUT2D eigenvalue weighted by Gasteiger charge is 2.11. The third-order valence-electron chi connectivity index (χ3n) is 2.85. The minimum atomic E-state index is 0.460. The van der Waals surface area contributed by atoms with E-state index in [-0.39, 0.29) is 0 Å². The lowest BCUT2D eigenvalue weighted by molar-refractivity contribution is 0.131. The van der Waals surface area contributed by atoms with Gasteiger partial charge >= 0.3 is 0 Å². The van der Waals surface area contributed by atoms with Crippen LogP contribution in [0.2, 0.25) is 0 Å². The Morgan fingerprint density at radius 2 is 2.12 bits per heavy atom. The van der Waals surface area contributed by atoms with Crippen molar-refractivity contribution in [2.75, 3.05) is 26.3 Å². The molecule has 1 unspecified atom stereocenters. The van der Waals surface area contributed by atoms with Gasteiger partial charge in [-0.1, -0.05) is 36.8 Å². The molecule has 0 heterocycles. The van der Waals surface area contributed by atoms with Crippen molar-refractivity contribution in [1.29, 1.82) is 0 Å². The van der Waals surface area contributed by atoms with Crippen molar-refractivity contribution in [3.8, 4) is 0 Å². The Bertz CT molecular complexity index is 312. The Kier molecular flexibility index (Phi) is 6.90. The summed E-state index contributed by atoms with van der Waals surface area (Å²) in [5, 5.41) is 3.48. The monoisotopic (exact) mass is 235 g/mol. The van der Waals surface area contributed by atoms with Gasteiger partial charge in [-0.05, 0) is 32.4 Å². The molecule has 0 aliphatic carbocycles. The fourth-order valence-electron chi connectivity index (χ4n) is 1.91. The largest absolute Gasteiger partial charge is 0.381 e. The van der Waals surface area contributed by atoms with Crippen molar-refractivity contribution in [3.05, 3.63) is 35.4 Å². The summed E-state index contributed by atoms with van der Waals surface area (Å²) in [6.07, 6.45) is 1.18. The van der Waals surface area contributed by atoms with Gasteiger partial charge in [0.2, 0.25) is 0 Å². The van der Waals surface area contributed by atoms with E-state index in [1.54, 1.807) is 0 Å². The number of benzene rings is 1. The maximum atomic E-state index is 5.58. The summed E-state index contributed by atoms with van der Waals surface area (Å²) in [7, 11) is 0. The Balaban J connectivity index is 2.60. The molecule has 2 nitrogen and oxygen atoms in total. The average Bonchev–Trinajstić information content (AvgIpc) is 2.33. The van der Waals surface area contributed by atoms with E-state index in [4.69, 9.17) is 4.74 Å². The van der Waals surface area contributed by atoms with Gasteiger partial charge in [-0.25, -0.2) is 0 Å². The summed E-state index contributed by atoms with van der Waals surface area (Å²) in [6.45, 7) is 10.0. The first-order chi connectivity index (χ1) is 8.27. The van der Waals surface area contributed by atoms with Gasteiger partial charge in [0.1, 0.15) is 0 Å². The van der Waals surface area contributed by atoms with Gasteiger partial charge in [0, 0.05) is 19.1 Å². The molecule has 1 N–H and O–H groups in total. The first-order valence-electron chi connectivity index (χ1n) is 6.63. The fourth-order valence-corrected chi connectivity index (χ4v) is 1.91. The molecule has 1 aromatic rings. The van der Waals surface area contributed by atoms with Crippen LogP contribution in [-0.4, -0.2) is 26.3 Å². The van der Waals surface area contributed by atoms with Crippen molar-refractivity contribution in [2.45, 2.75) is 33.1 Å². The smallest absolute Gasteiger partial charge is 0.0546 e. The highest BCUT2D eigenvalue weighted by molar-refractivity contribution is 5.25. The van der Waals surface area contributed by atoms with Crippen LogP contribution in [0, 0.1) is 6.92 Å². The lowest BCUT2D eigenvalue weighted by Gasteiger charge is -2.18. The van der Waals surface area contributed by atoms with E-state index >= 15 is 0 Å². The number of aryl methyl sites for hydroxylation is 1. The van der Waals surface area contributed by atoms with Crippen molar-refractivity contribution < 1.29 is 4.74 Å². The SMILES string of the molecule is CCCNCC(COCC)c1cccc(C)c1. The van der Waals surface area contributed by atoms with E-state index < -0.39 is 0 Å². The quantitative estimate of drug-likeness (QED) is 0.699. The molecule has 0 aliphatic rings. The van der Waals surface area contributed by atoms with E-state index in [9.17, 15) is 0 Å². The molecule has 0 amide bonds. The van der Waals surface area contributed by atoms with E-state index in [2.05, 4.69) is 43.4 Å². The summed E-state index contributed by atoms with van der Waals surface area (Å²) >= 11 is 0. The number of nitrogens with one attached hydrogen (secondary N) is 1. The Morgan fingerprint density at radius 3 is 2.76 bits per heavy atom. The predicted octanol–water partition coefficient (Wildman–Crippen LogP) is 3.11. The van der Waals surface area contributed by atoms with Crippen LogP contribution in [0.15, 0.2) is 24.3 Å². The normalized spacial score (nSPS) is 12.6. The van der Waals surface area contributed by atoms with Crippen LogP contribution in [0.5, 0.6) is 0 Å². The van der Waals surface area contributed by atoms with E-state index in [0.717, 1.165) is 26.3 Å². The average molecular weight is 235 g/mol. The first-order valence-corrected chi connectivity index (χ1v) is 6.63. The molecule has 1 aromatic carbocycles. The summed E-state index contributed by atoms with van der Waals surface area (Å²) in [5.74, 6) is 0.460. The van der Waals surface area contributed by atoms with E-state index in [0.29, 0.717) is 5.92 Å². The van der Waals surface area contributed by atoms with Crippen LogP contribution < -0.4 is 5.32 Å². The maximum Gasteiger partial charge on any atom is 0.0546 e. The summed E-state index contributed by atoms with van der Waals surface area (Å²) in [6, 6.07) is 8.73. The third-order valence-corrected chi connectivity index (χ3v) is 2.85. The van der Waals surface area contributed by atoms with Crippen LogP contribution in [0.25, 0.3) is 0 Å². The van der Waals surface area contributed by atoms with Crippen LogP contribution in [-0.2, 0) is 4.74 Å². The van der Waals surface area contributed by atoms with E-state index in [1.165, 1.54) is 17.5 Å². The first kappa shape index (κ1) is 14.2. The molecule has 0 aliphatic heterocycles. The fraction of sp³-hybridized carbons (Fsp3) is 0.600. The van der Waals surface area contributed by atoms with Crippen molar-refractivity contribution in [1.82, 2.24) is 5.32 Å². The van der Waals surface area contributed by atoms with Crippen molar-refractivity contribution >= 4 is 0 Å². The highest BCUT2D eigenvalue weighted by Crippen LogP contribution is 2.17. The molecule has 1 rings (SSSR count). The predicted molar refractivity (Wildman–Crippen MR) is 73.6 cm³/mol. The van der Waals surface area contributed by atoms with Crippen LogP contribution in [0.1, 0.15) is 37.3 Å². The summed E-state index contributed by atoms with van der Waals surface area (Å²) in [4.78, 5) is 0. The second-order valence-corrected chi connectivity index (χ2v) is 4.47. The molecule has 17 heavy (non-hydrogen) atoms. The number of hydrogen-bond acceptors (Lipinski definition) is 2. The number of rotatable bonds is 8. The molecule has 0 bridgehead atoms. The van der Waals surface area contributed by atoms with Gasteiger partial charge in [-0.3, -0.25) is 0 Å². The van der Waals surface area contributed by atoms with Gasteiger partial charge in [-0.2, -0.15) is 0 Å². The van der Waals surface area contributed by atoms with Gasteiger partial charge in [0.15, 0.2) is 0 Å². The molecule has 96 valence electrons. The van der Waals surface area contributed by atoms with Crippen LogP contribution >= 0.6 is 0 Å². The molecule has 0 aromatic heterocycles. The second-order valence-electron chi connectivity index (χ2n) is 4.47. The molecule has 0 fully saturated rings. The molecule has 2 heteroatoms. The van der Waals surface area contributed by atoms with E-state index in [1.807, 2.05) is 6.92 Å². The van der Waals surface area contributed by atoms with Crippen molar-refractivity contribution in [3.63, 3.8) is 0 Å².